The number of methoxy groups -OCH3 is 1. The van der Waals surface area contributed by atoms with Gasteiger partial charge in [-0.25, -0.2) is 14.8 Å². The van der Waals surface area contributed by atoms with Gasteiger partial charge >= 0.3 is 6.09 Å². The largest absolute Gasteiger partial charge is 0.491 e. The Kier molecular flexibility index (Phi) is 9.63. The normalized spacial score (nSPS) is 19.2. The summed E-state index contributed by atoms with van der Waals surface area (Å²) in [6.07, 6.45) is 5.22. The number of aromatic nitrogens is 2. The molecule has 2 aliphatic rings. The van der Waals surface area contributed by atoms with Gasteiger partial charge in [0.25, 0.3) is 0 Å². The lowest BCUT2D eigenvalue weighted by atomic mass is 9.94. The fourth-order valence-corrected chi connectivity index (χ4v) is 5.32. The summed E-state index contributed by atoms with van der Waals surface area (Å²) in [7, 11) is 5.35. The van der Waals surface area contributed by atoms with Crippen molar-refractivity contribution in [1.82, 2.24) is 20.2 Å². The number of likely N-dealkylation sites (N-methyl/N-ethyl adjacent to an activating group) is 1. The topological polar surface area (TPSA) is 103 Å². The molecule has 2 aromatic rings. The molecule has 2 atom stereocenters. The van der Waals surface area contributed by atoms with Gasteiger partial charge in [0.05, 0.1) is 7.11 Å². The van der Waals surface area contributed by atoms with E-state index in [0.29, 0.717) is 43.8 Å². The zero-order chi connectivity index (χ0) is 27.1. The van der Waals surface area contributed by atoms with Gasteiger partial charge in [-0.15, -0.1) is 0 Å². The molecule has 1 aromatic carbocycles. The van der Waals surface area contributed by atoms with Crippen molar-refractivity contribution >= 4 is 17.7 Å². The maximum Gasteiger partial charge on any atom is 0.409 e. The summed E-state index contributed by atoms with van der Waals surface area (Å²) >= 11 is 0. The predicted molar refractivity (Wildman–Crippen MR) is 149 cm³/mol. The Labute approximate surface area is 225 Å². The molecule has 0 spiro atoms. The second-order valence-corrected chi connectivity index (χ2v) is 10.3. The average Bonchev–Trinajstić information content (AvgIpc) is 2.95. The highest BCUT2D eigenvalue weighted by Crippen LogP contribution is 2.31. The molecule has 0 bridgehead atoms. The number of ether oxygens (including phenoxy) is 2. The molecule has 0 radical (unpaired) electrons. The maximum absolute atomic E-state index is 12.2. The number of aliphatic hydroxyl groups excluding tert-OH is 1. The van der Waals surface area contributed by atoms with Crippen LogP contribution in [-0.2, 0) is 4.74 Å². The third kappa shape index (κ3) is 6.85. The van der Waals surface area contributed by atoms with Crippen LogP contribution in [0.4, 0.5) is 16.4 Å². The molecule has 1 saturated carbocycles. The van der Waals surface area contributed by atoms with Crippen LogP contribution in [-0.4, -0.2) is 98.2 Å². The van der Waals surface area contributed by atoms with E-state index in [0.717, 1.165) is 30.0 Å². The van der Waals surface area contributed by atoms with E-state index in [9.17, 15) is 9.90 Å². The number of amides is 1. The number of rotatable bonds is 9. The molecule has 38 heavy (non-hydrogen) atoms. The molecule has 1 aliphatic carbocycles. The summed E-state index contributed by atoms with van der Waals surface area (Å²) in [5.41, 5.74) is 0.854. The molecule has 10 nitrogen and oxygen atoms in total. The first-order valence-corrected chi connectivity index (χ1v) is 13.7. The Morgan fingerprint density at radius 2 is 2.00 bits per heavy atom. The number of piperazine rings is 1. The number of anilines is 2. The minimum atomic E-state index is -0.593. The van der Waals surface area contributed by atoms with Gasteiger partial charge in [0.15, 0.2) is 5.82 Å². The van der Waals surface area contributed by atoms with Gasteiger partial charge in [-0.1, -0.05) is 31.4 Å². The van der Waals surface area contributed by atoms with Crippen LogP contribution in [0, 0.1) is 0 Å². The van der Waals surface area contributed by atoms with Crippen molar-refractivity contribution in [2.75, 3.05) is 63.8 Å². The van der Waals surface area contributed by atoms with Crippen molar-refractivity contribution in [3.8, 4) is 17.1 Å². The number of nitrogens with zero attached hydrogens (tertiary/aromatic N) is 5. The molecule has 4 rings (SSSR count). The van der Waals surface area contributed by atoms with E-state index in [1.165, 1.54) is 26.4 Å². The van der Waals surface area contributed by atoms with Crippen LogP contribution in [0.2, 0.25) is 0 Å². The molecule has 1 unspecified atom stereocenters. The Balaban J connectivity index is 1.62. The SMILES string of the molecule is CNCC(O)COc1cccc(-c2nc(N3CCN(C(=O)OC)[C@@H](C)C3)cc(N(C)C3CCCCC3)n2)c1. The monoisotopic (exact) mass is 526 g/mol. The Hall–Kier alpha value is -3.11. The third-order valence-electron chi connectivity index (χ3n) is 7.52. The quantitative estimate of drug-likeness (QED) is 0.510. The molecular weight excluding hydrogens is 484 g/mol. The van der Waals surface area contributed by atoms with E-state index in [1.54, 1.807) is 11.9 Å². The number of hydrogen-bond acceptors (Lipinski definition) is 9. The van der Waals surface area contributed by atoms with Gasteiger partial charge in [0.1, 0.15) is 30.1 Å². The highest BCUT2D eigenvalue weighted by molar-refractivity contribution is 5.69. The fourth-order valence-electron chi connectivity index (χ4n) is 5.32. The molecule has 208 valence electrons. The first-order valence-electron chi connectivity index (χ1n) is 13.7. The summed E-state index contributed by atoms with van der Waals surface area (Å²) in [6.45, 7) is 4.58. The number of nitrogens with one attached hydrogen (secondary N) is 1. The molecule has 1 amide bonds. The number of benzene rings is 1. The van der Waals surface area contributed by atoms with Gasteiger partial charge < -0.3 is 34.6 Å². The Bertz CT molecular complexity index is 1060. The third-order valence-corrected chi connectivity index (χ3v) is 7.52. The van der Waals surface area contributed by atoms with E-state index in [-0.39, 0.29) is 18.7 Å². The molecule has 1 saturated heterocycles. The van der Waals surface area contributed by atoms with Gasteiger partial charge in [-0.2, -0.15) is 0 Å². The van der Waals surface area contributed by atoms with Crippen LogP contribution in [0.15, 0.2) is 30.3 Å². The zero-order valence-corrected chi connectivity index (χ0v) is 23.1. The van der Waals surface area contributed by atoms with Crippen molar-refractivity contribution in [3.05, 3.63) is 30.3 Å². The van der Waals surface area contributed by atoms with Crippen LogP contribution >= 0.6 is 0 Å². The molecule has 2 N–H and O–H groups in total. The minimum Gasteiger partial charge on any atom is -0.491 e. The average molecular weight is 527 g/mol. The highest BCUT2D eigenvalue weighted by atomic mass is 16.5. The van der Waals surface area contributed by atoms with Crippen LogP contribution in [0.25, 0.3) is 11.4 Å². The Morgan fingerprint density at radius 3 is 2.71 bits per heavy atom. The van der Waals surface area contributed by atoms with Gasteiger partial charge in [-0.05, 0) is 38.9 Å². The molecule has 1 aliphatic heterocycles. The Morgan fingerprint density at radius 1 is 1.21 bits per heavy atom. The van der Waals surface area contributed by atoms with Crippen molar-refractivity contribution in [2.45, 2.75) is 57.2 Å². The minimum absolute atomic E-state index is 0.00472. The standard InChI is InChI=1S/C28H42N6O4/c1-20-18-33(13-14-34(20)28(36)37-4)26-16-25(32(3)22-10-6-5-7-11-22)30-27(31-26)21-9-8-12-24(15-21)38-19-23(35)17-29-2/h8-9,12,15-16,20,22-23,29,35H,5-7,10-11,13-14,17-19H2,1-4H3/t20-,23?/m0/s1. The maximum atomic E-state index is 12.2. The van der Waals surface area contributed by atoms with E-state index in [2.05, 4.69) is 28.2 Å². The lowest BCUT2D eigenvalue weighted by molar-refractivity contribution is 0.103. The van der Waals surface area contributed by atoms with Crippen molar-refractivity contribution in [1.29, 1.82) is 0 Å². The molecule has 2 heterocycles. The van der Waals surface area contributed by atoms with E-state index in [1.807, 2.05) is 31.2 Å². The van der Waals surface area contributed by atoms with Crippen molar-refractivity contribution in [2.24, 2.45) is 0 Å². The molecule has 10 heteroatoms. The number of aliphatic hydroxyl groups is 1. The predicted octanol–water partition coefficient (Wildman–Crippen LogP) is 3.15. The first kappa shape index (κ1) is 27.9. The van der Waals surface area contributed by atoms with Gasteiger partial charge in [-0.3, -0.25) is 0 Å². The van der Waals surface area contributed by atoms with Crippen molar-refractivity contribution in [3.63, 3.8) is 0 Å². The molecule has 1 aromatic heterocycles. The zero-order valence-electron chi connectivity index (χ0n) is 23.1. The van der Waals surface area contributed by atoms with Gasteiger partial charge in [0.2, 0.25) is 0 Å². The summed E-state index contributed by atoms with van der Waals surface area (Å²) in [5.74, 6) is 3.04. The highest BCUT2D eigenvalue weighted by Gasteiger charge is 2.30. The lowest BCUT2D eigenvalue weighted by Gasteiger charge is -2.40. The molecule has 2 fully saturated rings. The summed E-state index contributed by atoms with van der Waals surface area (Å²) < 4.78 is 10.8. The van der Waals surface area contributed by atoms with Crippen LogP contribution < -0.4 is 19.9 Å². The van der Waals surface area contributed by atoms with Crippen LogP contribution in [0.1, 0.15) is 39.0 Å². The second-order valence-electron chi connectivity index (χ2n) is 10.3. The van der Waals surface area contributed by atoms with Gasteiger partial charge in [0, 0.05) is 56.9 Å². The molecular formula is C28H42N6O4. The van der Waals surface area contributed by atoms with E-state index >= 15 is 0 Å². The first-order chi connectivity index (χ1) is 18.4. The van der Waals surface area contributed by atoms with Crippen LogP contribution in [0.5, 0.6) is 5.75 Å². The lowest BCUT2D eigenvalue weighted by Crippen LogP contribution is -2.54. The van der Waals surface area contributed by atoms with Crippen LogP contribution in [0.3, 0.4) is 0 Å². The second kappa shape index (κ2) is 13.1. The summed E-state index contributed by atoms with van der Waals surface area (Å²) in [6, 6.07) is 10.2. The summed E-state index contributed by atoms with van der Waals surface area (Å²) in [4.78, 5) is 28.4. The number of hydrogen-bond donors (Lipinski definition) is 2. The number of carbonyl (C=O) groups excluding carboxylic acids is 1. The fraction of sp³-hybridized carbons (Fsp3) is 0.607. The number of carbonyl (C=O) groups is 1. The van der Waals surface area contributed by atoms with E-state index < -0.39 is 6.10 Å². The van der Waals surface area contributed by atoms with E-state index in [4.69, 9.17) is 19.4 Å². The van der Waals surface area contributed by atoms with Crippen molar-refractivity contribution < 1.29 is 19.4 Å². The summed E-state index contributed by atoms with van der Waals surface area (Å²) in [5, 5.41) is 13.0. The smallest absolute Gasteiger partial charge is 0.409 e.